The summed E-state index contributed by atoms with van der Waals surface area (Å²) in [6.45, 7) is 10.4. The van der Waals surface area contributed by atoms with Crippen LogP contribution < -0.4 is 10.1 Å². The predicted molar refractivity (Wildman–Crippen MR) is 125 cm³/mol. The Bertz CT molecular complexity index is 874. The minimum atomic E-state index is -0.529. The minimum absolute atomic E-state index is 0.0565. The molecule has 1 N–H and O–H groups in total. The zero-order valence-electron chi connectivity index (χ0n) is 19.7. The van der Waals surface area contributed by atoms with Gasteiger partial charge in [-0.15, -0.1) is 0 Å². The van der Waals surface area contributed by atoms with Crippen molar-refractivity contribution in [3.05, 3.63) is 64.7 Å². The molecule has 2 rings (SSSR count). The molecule has 2 aromatic carbocycles. The van der Waals surface area contributed by atoms with Gasteiger partial charge in [-0.25, -0.2) is 0 Å². The zero-order chi connectivity index (χ0) is 23.0. The maximum Gasteiger partial charge on any atom is 0.243 e. The molecule has 0 fully saturated rings. The third-order valence-corrected chi connectivity index (χ3v) is 5.51. The van der Waals surface area contributed by atoms with Crippen molar-refractivity contribution in [2.24, 2.45) is 0 Å². The van der Waals surface area contributed by atoms with Crippen LogP contribution in [0.15, 0.2) is 42.5 Å². The molecule has 31 heavy (non-hydrogen) atoms. The number of carbonyl (C=O) groups is 2. The van der Waals surface area contributed by atoms with Gasteiger partial charge >= 0.3 is 0 Å². The lowest BCUT2D eigenvalue weighted by atomic mass is 10.0. The Balaban J connectivity index is 2.34. The number of amides is 2. The van der Waals surface area contributed by atoms with E-state index in [1.165, 1.54) is 0 Å². The molecule has 0 unspecified atom stereocenters. The molecule has 0 heterocycles. The van der Waals surface area contributed by atoms with Crippen molar-refractivity contribution >= 4 is 11.8 Å². The van der Waals surface area contributed by atoms with Gasteiger partial charge in [0.2, 0.25) is 11.8 Å². The summed E-state index contributed by atoms with van der Waals surface area (Å²) < 4.78 is 5.34. The van der Waals surface area contributed by atoms with E-state index in [1.54, 1.807) is 12.0 Å². The number of hydrogen-bond donors (Lipinski definition) is 1. The Morgan fingerprint density at radius 2 is 1.68 bits per heavy atom. The number of hydrogen-bond acceptors (Lipinski definition) is 3. The molecule has 2 atom stereocenters. The number of ether oxygens (including phenoxy) is 1. The summed E-state index contributed by atoms with van der Waals surface area (Å²) in [4.78, 5) is 28.2. The zero-order valence-corrected chi connectivity index (χ0v) is 19.7. The number of nitrogens with zero attached hydrogens (tertiary/aromatic N) is 1. The van der Waals surface area contributed by atoms with E-state index in [0.717, 1.165) is 34.4 Å². The first-order valence-corrected chi connectivity index (χ1v) is 11.1. The van der Waals surface area contributed by atoms with Gasteiger partial charge in [0, 0.05) is 12.6 Å². The number of rotatable bonds is 10. The molecule has 0 aliphatic heterocycles. The van der Waals surface area contributed by atoms with Gasteiger partial charge in [0.15, 0.2) is 0 Å². The number of benzene rings is 2. The van der Waals surface area contributed by atoms with Crippen LogP contribution in [-0.4, -0.2) is 35.9 Å². The molecule has 0 radical (unpaired) electrons. The number of nitrogens with one attached hydrogen (secondary N) is 1. The van der Waals surface area contributed by atoms with Crippen LogP contribution in [0.5, 0.6) is 5.75 Å². The van der Waals surface area contributed by atoms with Gasteiger partial charge in [-0.1, -0.05) is 55.3 Å². The smallest absolute Gasteiger partial charge is 0.243 e. The second-order valence-corrected chi connectivity index (χ2v) is 8.29. The molecule has 0 bridgehead atoms. The van der Waals surface area contributed by atoms with Crippen molar-refractivity contribution in [2.75, 3.05) is 7.11 Å². The molecule has 0 aliphatic rings. The third-order valence-electron chi connectivity index (χ3n) is 5.51. The molecule has 2 amide bonds. The fraction of sp³-hybridized carbons (Fsp3) is 0.462. The van der Waals surface area contributed by atoms with Gasteiger partial charge in [-0.3, -0.25) is 9.59 Å². The van der Waals surface area contributed by atoms with Crippen LogP contribution in [0.4, 0.5) is 0 Å². The van der Waals surface area contributed by atoms with Crippen LogP contribution in [0, 0.1) is 13.8 Å². The second kappa shape index (κ2) is 11.5. The summed E-state index contributed by atoms with van der Waals surface area (Å²) >= 11 is 0. The maximum atomic E-state index is 13.5. The lowest BCUT2D eigenvalue weighted by Crippen LogP contribution is -2.51. The van der Waals surface area contributed by atoms with E-state index in [9.17, 15) is 9.59 Å². The molecule has 0 spiro atoms. The summed E-state index contributed by atoms with van der Waals surface area (Å²) in [5.74, 6) is 0.573. The predicted octanol–water partition coefficient (Wildman–Crippen LogP) is 4.58. The van der Waals surface area contributed by atoms with E-state index < -0.39 is 6.04 Å². The van der Waals surface area contributed by atoms with E-state index in [4.69, 9.17) is 4.74 Å². The molecule has 2 aromatic rings. The minimum Gasteiger partial charge on any atom is -0.497 e. The van der Waals surface area contributed by atoms with Gasteiger partial charge in [0.1, 0.15) is 11.8 Å². The highest BCUT2D eigenvalue weighted by molar-refractivity contribution is 5.88. The molecular formula is C26H36N2O3. The molecule has 0 aromatic heterocycles. The van der Waals surface area contributed by atoms with E-state index in [2.05, 4.69) is 11.4 Å². The highest BCUT2D eigenvalue weighted by atomic mass is 16.5. The first-order chi connectivity index (χ1) is 14.8. The summed E-state index contributed by atoms with van der Waals surface area (Å²) in [6, 6.07) is 13.3. The van der Waals surface area contributed by atoms with Crippen LogP contribution in [-0.2, 0) is 22.6 Å². The lowest BCUT2D eigenvalue weighted by Gasteiger charge is -2.31. The fourth-order valence-corrected chi connectivity index (χ4v) is 3.78. The Morgan fingerprint density at radius 1 is 1.00 bits per heavy atom. The monoisotopic (exact) mass is 424 g/mol. The van der Waals surface area contributed by atoms with Crippen LogP contribution >= 0.6 is 0 Å². The summed E-state index contributed by atoms with van der Waals surface area (Å²) in [6.07, 6.45) is 1.65. The largest absolute Gasteiger partial charge is 0.497 e. The highest BCUT2D eigenvalue weighted by Gasteiger charge is 2.29. The second-order valence-electron chi connectivity index (χ2n) is 8.29. The Morgan fingerprint density at radius 3 is 2.26 bits per heavy atom. The summed E-state index contributed by atoms with van der Waals surface area (Å²) in [7, 11) is 1.62. The van der Waals surface area contributed by atoms with Crippen LogP contribution in [0.3, 0.4) is 0 Å². The van der Waals surface area contributed by atoms with Crippen molar-refractivity contribution in [1.82, 2.24) is 10.2 Å². The molecule has 0 aliphatic carbocycles. The van der Waals surface area contributed by atoms with Crippen LogP contribution in [0.2, 0.25) is 0 Å². The van der Waals surface area contributed by atoms with Gasteiger partial charge in [-0.05, 0) is 56.9 Å². The fourth-order valence-electron chi connectivity index (χ4n) is 3.78. The topological polar surface area (TPSA) is 58.6 Å². The normalized spacial score (nSPS) is 12.7. The van der Waals surface area contributed by atoms with E-state index in [-0.39, 0.29) is 24.3 Å². The third kappa shape index (κ3) is 7.12. The first kappa shape index (κ1) is 24.4. The quantitative estimate of drug-likeness (QED) is 0.607. The van der Waals surface area contributed by atoms with Gasteiger partial charge in [-0.2, -0.15) is 0 Å². The Labute approximate surface area is 186 Å². The van der Waals surface area contributed by atoms with E-state index in [0.29, 0.717) is 13.0 Å². The summed E-state index contributed by atoms with van der Waals surface area (Å²) in [5, 5.41) is 3.05. The molecule has 5 nitrogen and oxygen atoms in total. The van der Waals surface area contributed by atoms with E-state index in [1.807, 2.05) is 71.0 Å². The van der Waals surface area contributed by atoms with Crippen LogP contribution in [0.25, 0.3) is 0 Å². The molecular weight excluding hydrogens is 388 g/mol. The molecule has 5 heteroatoms. The van der Waals surface area contributed by atoms with Crippen molar-refractivity contribution in [2.45, 2.75) is 72.5 Å². The standard InChI is InChI=1S/C26H36N2O3/c1-7-20(5)27-26(30)24(8-2)28(17-21-10-9-11-23(15-21)31-6)25(29)16-22-13-18(3)12-19(4)14-22/h9-15,20,24H,7-8,16-17H2,1-6H3,(H,27,30)/t20-,24-/m0/s1. The van der Waals surface area contributed by atoms with Crippen molar-refractivity contribution in [1.29, 1.82) is 0 Å². The molecule has 0 saturated carbocycles. The number of carbonyl (C=O) groups excluding carboxylic acids is 2. The van der Waals surface area contributed by atoms with Gasteiger partial charge in [0.05, 0.1) is 13.5 Å². The maximum absolute atomic E-state index is 13.5. The van der Waals surface area contributed by atoms with Gasteiger partial charge in [0.25, 0.3) is 0 Å². The SMILES string of the molecule is CC[C@H](C)NC(=O)[C@H](CC)N(Cc1cccc(OC)c1)C(=O)Cc1cc(C)cc(C)c1. The number of aryl methyl sites for hydroxylation is 2. The number of methoxy groups -OCH3 is 1. The average Bonchev–Trinajstić information content (AvgIpc) is 2.72. The Kier molecular flexibility index (Phi) is 9.10. The van der Waals surface area contributed by atoms with Crippen molar-refractivity contribution in [3.8, 4) is 5.75 Å². The van der Waals surface area contributed by atoms with E-state index >= 15 is 0 Å². The first-order valence-electron chi connectivity index (χ1n) is 11.1. The average molecular weight is 425 g/mol. The molecule has 168 valence electrons. The highest BCUT2D eigenvalue weighted by Crippen LogP contribution is 2.19. The lowest BCUT2D eigenvalue weighted by molar-refractivity contribution is -0.141. The summed E-state index contributed by atoms with van der Waals surface area (Å²) in [5.41, 5.74) is 4.16. The van der Waals surface area contributed by atoms with Gasteiger partial charge < -0.3 is 15.0 Å². The van der Waals surface area contributed by atoms with Crippen molar-refractivity contribution in [3.63, 3.8) is 0 Å². The molecule has 0 saturated heterocycles. The van der Waals surface area contributed by atoms with Crippen molar-refractivity contribution < 1.29 is 14.3 Å². The van der Waals surface area contributed by atoms with Crippen LogP contribution in [0.1, 0.15) is 55.9 Å². The Hall–Kier alpha value is -2.82.